The van der Waals surface area contributed by atoms with Crippen molar-refractivity contribution in [3.63, 3.8) is 0 Å². The van der Waals surface area contributed by atoms with Gasteiger partial charge >= 0.3 is 0 Å². The van der Waals surface area contributed by atoms with E-state index in [9.17, 15) is 16.8 Å². The minimum atomic E-state index is -4.10. The molecule has 2 aliphatic heterocycles. The van der Waals surface area contributed by atoms with Gasteiger partial charge in [-0.05, 0) is 35.9 Å². The molecule has 0 radical (unpaired) electrons. The molecule has 2 rings (SSSR count). The van der Waals surface area contributed by atoms with Crippen molar-refractivity contribution in [3.8, 4) is 0 Å². The molecule has 0 saturated carbocycles. The van der Waals surface area contributed by atoms with E-state index in [0.29, 0.717) is 0 Å². The molecule has 0 unspecified atom stereocenters. The lowest BCUT2D eigenvalue weighted by Gasteiger charge is -2.25. The molecule has 2 heterocycles. The van der Waals surface area contributed by atoms with Crippen molar-refractivity contribution < 1.29 is 16.8 Å². The summed E-state index contributed by atoms with van der Waals surface area (Å²) >= 11 is 4.95. The van der Waals surface area contributed by atoms with E-state index < -0.39 is 25.6 Å². The molecule has 2 saturated heterocycles. The zero-order valence-corrected chi connectivity index (χ0v) is 14.4. The van der Waals surface area contributed by atoms with E-state index in [4.69, 9.17) is 0 Å². The van der Waals surface area contributed by atoms with Gasteiger partial charge in [-0.25, -0.2) is 16.8 Å². The third-order valence-electron chi connectivity index (χ3n) is 2.39. The second-order valence-corrected chi connectivity index (χ2v) is 16.1. The molecule has 2 fully saturated rings. The predicted octanol–water partition coefficient (Wildman–Crippen LogP) is 2.04. The first-order valence-corrected chi connectivity index (χ1v) is 13.2. The van der Waals surface area contributed by atoms with Crippen LogP contribution >= 0.6 is 47.0 Å². The molecule has 0 atom stereocenters. The Bertz CT molecular complexity index is 426. The number of rotatable bonds is 3. The van der Waals surface area contributed by atoms with Crippen molar-refractivity contribution in [2.45, 2.75) is 20.7 Å². The molecule has 0 spiro atoms. The van der Waals surface area contributed by atoms with Crippen LogP contribution in [0.1, 0.15) is 12.8 Å². The van der Waals surface area contributed by atoms with Gasteiger partial charge in [0.2, 0.25) is 0 Å². The largest absolute Gasteiger partial charge is 0.277 e. The van der Waals surface area contributed by atoms with E-state index in [1.807, 2.05) is 0 Å². The maximum absolute atomic E-state index is 12.3. The lowest BCUT2D eigenvalue weighted by atomic mass is 10.6. The van der Waals surface area contributed by atoms with Crippen LogP contribution in [0.2, 0.25) is 0 Å². The normalized spacial score (nSPS) is 25.1. The van der Waals surface area contributed by atoms with Gasteiger partial charge in [0.1, 0.15) is 0 Å². The maximum Gasteiger partial charge on any atom is 0.277 e. The molecule has 0 amide bonds. The van der Waals surface area contributed by atoms with Crippen molar-refractivity contribution in [3.05, 3.63) is 0 Å². The third-order valence-corrected chi connectivity index (χ3v) is 18.0. The highest BCUT2D eigenvalue weighted by atomic mass is 33.2. The minimum Gasteiger partial charge on any atom is -0.210 e. The van der Waals surface area contributed by atoms with Gasteiger partial charge in [0.15, 0.2) is 7.83 Å². The first-order chi connectivity index (χ1) is 8.46. The Hall–Kier alpha value is 1.30. The third kappa shape index (κ3) is 3.13. The SMILES string of the molecule is O=S(=O)(C1SCCCS1)S(=O)(=O)C1SCCCS1. The van der Waals surface area contributed by atoms with Crippen LogP contribution in [0.3, 0.4) is 0 Å². The van der Waals surface area contributed by atoms with E-state index in [2.05, 4.69) is 0 Å². The Balaban J connectivity index is 2.21. The van der Waals surface area contributed by atoms with E-state index in [0.717, 1.165) is 35.9 Å². The molecule has 0 aromatic carbocycles. The summed E-state index contributed by atoms with van der Waals surface area (Å²) in [6.07, 6.45) is 1.88. The Morgan fingerprint density at radius 1 is 0.611 bits per heavy atom. The molecular weight excluding hydrogens is 352 g/mol. The van der Waals surface area contributed by atoms with E-state index in [1.165, 1.54) is 47.0 Å². The average Bonchev–Trinajstić information content (AvgIpc) is 2.40. The van der Waals surface area contributed by atoms with Gasteiger partial charge in [0.05, 0.1) is 0 Å². The van der Waals surface area contributed by atoms with Crippen LogP contribution in [-0.2, 0) is 17.7 Å². The molecular formula is C8H14O4S6. The molecule has 0 N–H and O–H groups in total. The van der Waals surface area contributed by atoms with Crippen molar-refractivity contribution >= 4 is 64.8 Å². The number of hydrogen-bond donors (Lipinski definition) is 0. The number of hydrogen-bond acceptors (Lipinski definition) is 8. The molecule has 2 aliphatic rings. The van der Waals surface area contributed by atoms with Crippen LogP contribution in [0.25, 0.3) is 0 Å². The molecule has 106 valence electrons. The van der Waals surface area contributed by atoms with E-state index >= 15 is 0 Å². The van der Waals surface area contributed by atoms with Crippen LogP contribution in [-0.4, -0.2) is 47.7 Å². The standard InChI is InChI=1S/C8H14O4S6/c9-17(10,7-13-3-1-4-14-7)18(11,12)8-15-5-2-6-16-8/h7-8H,1-6H2. The second kappa shape index (κ2) is 6.38. The minimum absolute atomic E-state index is 0.720. The fraction of sp³-hybridized carbons (Fsp3) is 1.00. The lowest BCUT2D eigenvalue weighted by Crippen LogP contribution is -2.32. The highest BCUT2D eigenvalue weighted by Gasteiger charge is 2.46. The first kappa shape index (κ1) is 15.7. The molecule has 0 aromatic rings. The molecule has 0 aromatic heterocycles. The van der Waals surface area contributed by atoms with Crippen LogP contribution in [0.15, 0.2) is 0 Å². The summed E-state index contributed by atoms with van der Waals surface area (Å²) in [6.45, 7) is 0. The quantitative estimate of drug-likeness (QED) is 0.703. The van der Waals surface area contributed by atoms with Crippen molar-refractivity contribution in [1.82, 2.24) is 0 Å². The maximum atomic E-state index is 12.3. The first-order valence-electron chi connectivity index (χ1n) is 5.40. The smallest absolute Gasteiger partial charge is 0.210 e. The van der Waals surface area contributed by atoms with E-state index in [1.54, 1.807) is 0 Å². The van der Waals surface area contributed by atoms with Crippen LogP contribution in [0, 0.1) is 0 Å². The summed E-state index contributed by atoms with van der Waals surface area (Å²) in [5.41, 5.74) is 0. The molecule has 0 bridgehead atoms. The zero-order valence-electron chi connectivity index (χ0n) is 9.48. The average molecular weight is 367 g/mol. The van der Waals surface area contributed by atoms with Crippen molar-refractivity contribution in [2.75, 3.05) is 23.0 Å². The summed E-state index contributed by atoms with van der Waals surface area (Å²) in [5, 5.41) is 0. The van der Waals surface area contributed by atoms with Crippen LogP contribution < -0.4 is 0 Å². The molecule has 4 nitrogen and oxygen atoms in total. The van der Waals surface area contributed by atoms with Gasteiger partial charge in [-0.15, -0.1) is 47.0 Å². The summed E-state index contributed by atoms with van der Waals surface area (Å²) in [6, 6.07) is 0. The lowest BCUT2D eigenvalue weighted by molar-refractivity contribution is 0.586. The summed E-state index contributed by atoms with van der Waals surface area (Å²) in [5.74, 6) is 2.88. The van der Waals surface area contributed by atoms with Crippen LogP contribution in [0.5, 0.6) is 0 Å². The zero-order chi connectivity index (χ0) is 13.2. The number of thioether (sulfide) groups is 4. The summed E-state index contributed by atoms with van der Waals surface area (Å²) in [4.78, 5) is 0. The van der Waals surface area contributed by atoms with E-state index in [-0.39, 0.29) is 0 Å². The fourth-order valence-corrected chi connectivity index (χ4v) is 17.3. The van der Waals surface area contributed by atoms with Crippen molar-refractivity contribution in [2.24, 2.45) is 0 Å². The Labute approximate surface area is 124 Å². The Kier molecular flexibility index (Phi) is 5.56. The summed E-state index contributed by atoms with van der Waals surface area (Å²) in [7, 11) is -8.21. The van der Waals surface area contributed by atoms with Gasteiger partial charge in [-0.1, -0.05) is 0 Å². The van der Waals surface area contributed by atoms with Gasteiger partial charge in [0, 0.05) is 0 Å². The van der Waals surface area contributed by atoms with Gasteiger partial charge in [-0.2, -0.15) is 0 Å². The van der Waals surface area contributed by atoms with Crippen LogP contribution in [0.4, 0.5) is 0 Å². The van der Waals surface area contributed by atoms with Gasteiger partial charge in [0.25, 0.3) is 17.7 Å². The van der Waals surface area contributed by atoms with Gasteiger partial charge in [-0.3, -0.25) is 0 Å². The summed E-state index contributed by atoms with van der Waals surface area (Å²) < 4.78 is 47.3. The van der Waals surface area contributed by atoms with Crippen molar-refractivity contribution in [1.29, 1.82) is 0 Å². The monoisotopic (exact) mass is 366 g/mol. The second-order valence-electron chi connectivity index (χ2n) is 3.75. The highest BCUT2D eigenvalue weighted by molar-refractivity contribution is 8.75. The highest BCUT2D eigenvalue weighted by Crippen LogP contribution is 2.43. The topological polar surface area (TPSA) is 68.3 Å². The Morgan fingerprint density at radius 2 is 0.889 bits per heavy atom. The predicted molar refractivity (Wildman–Crippen MR) is 84.5 cm³/mol. The fourth-order valence-electron chi connectivity index (χ4n) is 1.48. The Morgan fingerprint density at radius 3 is 1.17 bits per heavy atom. The molecule has 0 aliphatic carbocycles. The molecule has 10 heteroatoms. The molecule has 18 heavy (non-hydrogen) atoms. The van der Waals surface area contributed by atoms with Gasteiger partial charge < -0.3 is 0 Å².